The third-order valence-corrected chi connectivity index (χ3v) is 3.97. The lowest BCUT2D eigenvalue weighted by Crippen LogP contribution is -2.46. The summed E-state index contributed by atoms with van der Waals surface area (Å²) in [6.07, 6.45) is 4.31. The number of carbonyl (C=O) groups is 1. The van der Waals surface area contributed by atoms with Crippen LogP contribution in [0.4, 0.5) is 0 Å². The summed E-state index contributed by atoms with van der Waals surface area (Å²) < 4.78 is 0. The zero-order valence-corrected chi connectivity index (χ0v) is 13.0. The van der Waals surface area contributed by atoms with Crippen molar-refractivity contribution in [3.8, 4) is 0 Å². The van der Waals surface area contributed by atoms with Crippen molar-refractivity contribution in [3.63, 3.8) is 0 Å². The van der Waals surface area contributed by atoms with Crippen LogP contribution in [-0.4, -0.2) is 25.5 Å². The van der Waals surface area contributed by atoms with Crippen molar-refractivity contribution in [1.29, 1.82) is 0 Å². The lowest BCUT2D eigenvalue weighted by atomic mass is 9.74. The van der Waals surface area contributed by atoms with Crippen molar-refractivity contribution in [2.45, 2.75) is 52.5 Å². The Labute approximate surface area is 118 Å². The highest BCUT2D eigenvalue weighted by Crippen LogP contribution is 2.33. The standard InChI is InChI=1S/C14H28N2O.ClH/c1-10(2)12-6-5-11(3)9-13(12)16-14(17)7-8-15-4;/h10-13,15H,5-9H2,1-4H3,(H,16,17);1H. The summed E-state index contributed by atoms with van der Waals surface area (Å²) in [6.45, 7) is 7.60. The van der Waals surface area contributed by atoms with Crippen LogP contribution in [-0.2, 0) is 4.79 Å². The molecular formula is C14H29ClN2O. The maximum Gasteiger partial charge on any atom is 0.221 e. The van der Waals surface area contributed by atoms with E-state index in [0.29, 0.717) is 24.3 Å². The van der Waals surface area contributed by atoms with Gasteiger partial charge in [-0.05, 0) is 37.6 Å². The second kappa shape index (κ2) is 8.76. The predicted molar refractivity (Wildman–Crippen MR) is 79.1 cm³/mol. The molecule has 1 saturated carbocycles. The molecule has 3 atom stereocenters. The van der Waals surface area contributed by atoms with E-state index in [1.165, 1.54) is 12.8 Å². The first-order valence-corrected chi connectivity index (χ1v) is 6.98. The van der Waals surface area contributed by atoms with Crippen LogP contribution in [0.5, 0.6) is 0 Å². The molecule has 3 nitrogen and oxygen atoms in total. The van der Waals surface area contributed by atoms with Crippen LogP contribution in [0.2, 0.25) is 0 Å². The van der Waals surface area contributed by atoms with Crippen LogP contribution in [0.3, 0.4) is 0 Å². The molecule has 0 bridgehead atoms. The predicted octanol–water partition coefficient (Wildman–Crippen LogP) is 2.59. The highest BCUT2D eigenvalue weighted by Gasteiger charge is 2.31. The van der Waals surface area contributed by atoms with Gasteiger partial charge in [0.15, 0.2) is 0 Å². The van der Waals surface area contributed by atoms with Gasteiger partial charge in [0.1, 0.15) is 0 Å². The van der Waals surface area contributed by atoms with E-state index in [2.05, 4.69) is 31.4 Å². The Morgan fingerprint density at radius 1 is 1.33 bits per heavy atom. The van der Waals surface area contributed by atoms with Crippen LogP contribution in [0.25, 0.3) is 0 Å². The first kappa shape index (κ1) is 17.7. The zero-order valence-electron chi connectivity index (χ0n) is 12.2. The maximum atomic E-state index is 11.8. The number of nitrogens with one attached hydrogen (secondary N) is 2. The number of halogens is 1. The summed E-state index contributed by atoms with van der Waals surface area (Å²) in [5, 5.41) is 6.25. The Bertz CT molecular complexity index is 246. The third-order valence-electron chi connectivity index (χ3n) is 3.97. The molecule has 1 fully saturated rings. The van der Waals surface area contributed by atoms with E-state index in [1.807, 2.05) is 7.05 Å². The lowest BCUT2D eigenvalue weighted by molar-refractivity contribution is -0.122. The minimum atomic E-state index is 0. The molecule has 1 aliphatic rings. The fourth-order valence-electron chi connectivity index (χ4n) is 2.89. The number of amides is 1. The molecule has 0 heterocycles. The average molecular weight is 277 g/mol. The van der Waals surface area contributed by atoms with Gasteiger partial charge in [-0.1, -0.05) is 27.2 Å². The molecule has 1 rings (SSSR count). The number of hydrogen-bond donors (Lipinski definition) is 2. The third kappa shape index (κ3) is 5.57. The molecule has 4 heteroatoms. The van der Waals surface area contributed by atoms with Crippen LogP contribution in [0, 0.1) is 17.8 Å². The second-order valence-corrected chi connectivity index (χ2v) is 5.85. The Kier molecular flexibility index (Phi) is 8.62. The van der Waals surface area contributed by atoms with Gasteiger partial charge in [0.25, 0.3) is 0 Å². The van der Waals surface area contributed by atoms with Crippen molar-refractivity contribution in [2.75, 3.05) is 13.6 Å². The van der Waals surface area contributed by atoms with Crippen molar-refractivity contribution in [3.05, 3.63) is 0 Å². The molecule has 0 aliphatic heterocycles. The Morgan fingerprint density at radius 3 is 2.56 bits per heavy atom. The first-order valence-electron chi connectivity index (χ1n) is 6.98. The monoisotopic (exact) mass is 276 g/mol. The van der Waals surface area contributed by atoms with Gasteiger partial charge in [-0.25, -0.2) is 0 Å². The van der Waals surface area contributed by atoms with Crippen molar-refractivity contribution >= 4 is 18.3 Å². The zero-order chi connectivity index (χ0) is 12.8. The Balaban J connectivity index is 0.00000289. The molecule has 0 aromatic heterocycles. The van der Waals surface area contributed by atoms with Crippen molar-refractivity contribution in [2.24, 2.45) is 17.8 Å². The van der Waals surface area contributed by atoms with Gasteiger partial charge in [-0.15, -0.1) is 12.4 Å². The average Bonchev–Trinajstić information content (AvgIpc) is 2.26. The summed E-state index contributed by atoms with van der Waals surface area (Å²) in [6, 6.07) is 0.392. The fraction of sp³-hybridized carbons (Fsp3) is 0.929. The molecule has 1 amide bonds. The van der Waals surface area contributed by atoms with Crippen molar-refractivity contribution < 1.29 is 4.79 Å². The smallest absolute Gasteiger partial charge is 0.221 e. The molecule has 1 aliphatic carbocycles. The summed E-state index contributed by atoms with van der Waals surface area (Å²) in [4.78, 5) is 11.8. The molecule has 0 aromatic carbocycles. The minimum Gasteiger partial charge on any atom is -0.353 e. The molecule has 3 unspecified atom stereocenters. The number of carbonyl (C=O) groups excluding carboxylic acids is 1. The van der Waals surface area contributed by atoms with E-state index >= 15 is 0 Å². The van der Waals surface area contributed by atoms with Crippen LogP contribution in [0.1, 0.15) is 46.5 Å². The first-order chi connectivity index (χ1) is 8.04. The SMILES string of the molecule is CNCCC(=O)NC1CC(C)CCC1C(C)C.Cl. The van der Waals surface area contributed by atoms with E-state index in [4.69, 9.17) is 0 Å². The van der Waals surface area contributed by atoms with Crippen molar-refractivity contribution in [1.82, 2.24) is 10.6 Å². The Morgan fingerprint density at radius 2 is 2.00 bits per heavy atom. The quantitative estimate of drug-likeness (QED) is 0.810. The minimum absolute atomic E-state index is 0. The van der Waals surface area contributed by atoms with E-state index in [1.54, 1.807) is 0 Å². The van der Waals surface area contributed by atoms with Gasteiger partial charge < -0.3 is 10.6 Å². The molecule has 2 N–H and O–H groups in total. The van der Waals surface area contributed by atoms with E-state index in [9.17, 15) is 4.79 Å². The molecular weight excluding hydrogens is 248 g/mol. The van der Waals surface area contributed by atoms with Gasteiger partial charge in [-0.3, -0.25) is 4.79 Å². The highest BCUT2D eigenvalue weighted by molar-refractivity contribution is 5.85. The largest absolute Gasteiger partial charge is 0.353 e. The number of hydrogen-bond acceptors (Lipinski definition) is 2. The summed E-state index contributed by atoms with van der Waals surface area (Å²) in [5.41, 5.74) is 0. The van der Waals surface area contributed by atoms with Gasteiger partial charge in [0.05, 0.1) is 0 Å². The van der Waals surface area contributed by atoms with Crippen LogP contribution < -0.4 is 10.6 Å². The molecule has 0 spiro atoms. The van der Waals surface area contributed by atoms with Gasteiger partial charge in [-0.2, -0.15) is 0 Å². The molecule has 0 saturated heterocycles. The summed E-state index contributed by atoms with van der Waals surface area (Å²) in [7, 11) is 1.88. The molecule has 18 heavy (non-hydrogen) atoms. The molecule has 0 aromatic rings. The van der Waals surface area contributed by atoms with Gasteiger partial charge in [0, 0.05) is 19.0 Å². The summed E-state index contributed by atoms with van der Waals surface area (Å²) >= 11 is 0. The van der Waals surface area contributed by atoms with Crippen LogP contribution >= 0.6 is 12.4 Å². The Hall–Kier alpha value is -0.280. The number of rotatable bonds is 5. The molecule has 108 valence electrons. The summed E-state index contributed by atoms with van der Waals surface area (Å²) in [5.74, 6) is 2.27. The van der Waals surface area contributed by atoms with E-state index in [0.717, 1.165) is 18.9 Å². The van der Waals surface area contributed by atoms with Gasteiger partial charge >= 0.3 is 0 Å². The van der Waals surface area contributed by atoms with E-state index < -0.39 is 0 Å². The fourth-order valence-corrected chi connectivity index (χ4v) is 2.89. The normalized spacial score (nSPS) is 27.7. The highest BCUT2D eigenvalue weighted by atomic mass is 35.5. The maximum absolute atomic E-state index is 11.8. The molecule has 0 radical (unpaired) electrons. The van der Waals surface area contributed by atoms with Crippen LogP contribution in [0.15, 0.2) is 0 Å². The lowest BCUT2D eigenvalue weighted by Gasteiger charge is -2.37. The van der Waals surface area contributed by atoms with E-state index in [-0.39, 0.29) is 18.3 Å². The second-order valence-electron chi connectivity index (χ2n) is 5.85. The topological polar surface area (TPSA) is 41.1 Å². The van der Waals surface area contributed by atoms with Gasteiger partial charge in [0.2, 0.25) is 5.91 Å².